The second-order valence-corrected chi connectivity index (χ2v) is 20.6. The van der Waals surface area contributed by atoms with E-state index in [2.05, 4.69) is 57.2 Å². The molecular weight excluding hydrogens is 925 g/mol. The molecule has 0 aliphatic carbocycles. The summed E-state index contributed by atoms with van der Waals surface area (Å²) in [5.41, 5.74) is 0. The standard InChI is InChI=1S/C61H108O12/c1-4-7-10-13-16-19-22-24-26-27-29-30-33-35-38-41-44-47-53(62)69-50-52(71-54(63)48-45-42-39-36-32-21-18-15-12-9-6-3)51-70-61-59(57(66)56(65)58(73-61)60(67)68)72-55(64)49-46-43-40-37-34-31-28-25-23-20-17-14-11-8-5-2/h17,20,24-26,28,52,56-59,61,65-66H,4-16,18-19,21-23,27,29-51H2,1-3H3,(H,67,68)/b20-17-,26-24-,28-25-. The maximum absolute atomic E-state index is 13.1. The Hall–Kier alpha value is -3.06. The fourth-order valence-corrected chi connectivity index (χ4v) is 9.04. The average molecular weight is 1030 g/mol. The van der Waals surface area contributed by atoms with Gasteiger partial charge in [0.15, 0.2) is 24.6 Å². The van der Waals surface area contributed by atoms with Crippen LogP contribution in [0.5, 0.6) is 0 Å². The summed E-state index contributed by atoms with van der Waals surface area (Å²) in [5, 5.41) is 31.4. The van der Waals surface area contributed by atoms with E-state index in [9.17, 15) is 34.5 Å². The van der Waals surface area contributed by atoms with Crippen molar-refractivity contribution in [2.75, 3.05) is 13.2 Å². The highest BCUT2D eigenvalue weighted by molar-refractivity contribution is 5.74. The number of aliphatic carboxylic acids is 1. The Kier molecular flexibility index (Phi) is 46.4. The smallest absolute Gasteiger partial charge is 0.335 e. The third kappa shape index (κ3) is 39.9. The molecule has 0 spiro atoms. The van der Waals surface area contributed by atoms with Gasteiger partial charge in [-0.1, -0.05) is 218 Å². The number of hydrogen-bond donors (Lipinski definition) is 3. The number of rotatable bonds is 51. The van der Waals surface area contributed by atoms with Crippen LogP contribution in [-0.4, -0.2) is 89.2 Å². The molecule has 3 N–H and O–H groups in total. The maximum Gasteiger partial charge on any atom is 0.335 e. The van der Waals surface area contributed by atoms with E-state index in [1.165, 1.54) is 128 Å². The molecule has 0 aromatic heterocycles. The summed E-state index contributed by atoms with van der Waals surface area (Å²) in [5.74, 6) is -3.12. The van der Waals surface area contributed by atoms with Crippen LogP contribution < -0.4 is 0 Å². The summed E-state index contributed by atoms with van der Waals surface area (Å²) >= 11 is 0. The van der Waals surface area contributed by atoms with Crippen LogP contribution >= 0.6 is 0 Å². The number of hydrogen-bond acceptors (Lipinski definition) is 11. The Bertz CT molecular complexity index is 1410. The van der Waals surface area contributed by atoms with Gasteiger partial charge in [-0.15, -0.1) is 0 Å². The summed E-state index contributed by atoms with van der Waals surface area (Å²) in [6.07, 6.45) is 45.4. The van der Waals surface area contributed by atoms with E-state index in [4.69, 9.17) is 23.7 Å². The van der Waals surface area contributed by atoms with Gasteiger partial charge in [-0.25, -0.2) is 4.79 Å². The summed E-state index contributed by atoms with van der Waals surface area (Å²) in [6.45, 7) is 5.96. The minimum absolute atomic E-state index is 0.0470. The van der Waals surface area contributed by atoms with Crippen LogP contribution in [0, 0.1) is 0 Å². The molecule has 1 saturated heterocycles. The monoisotopic (exact) mass is 1030 g/mol. The van der Waals surface area contributed by atoms with Crippen molar-refractivity contribution in [3.05, 3.63) is 36.5 Å². The predicted molar refractivity (Wildman–Crippen MR) is 294 cm³/mol. The highest BCUT2D eigenvalue weighted by Crippen LogP contribution is 2.26. The SMILES string of the molecule is CCCCC/C=C\C/C=C\CCCCCCCC(=O)OC1C(OCC(COC(=O)CCCCCCCCC/C=C\CCCCCCCC)OC(=O)CCCCCCCCCCCCC)OC(C(=O)O)C(O)C1O. The molecule has 12 nitrogen and oxygen atoms in total. The van der Waals surface area contributed by atoms with Gasteiger partial charge in [0.25, 0.3) is 0 Å². The fourth-order valence-electron chi connectivity index (χ4n) is 9.04. The first-order valence-electron chi connectivity index (χ1n) is 30.0. The Morgan fingerprint density at radius 1 is 0.452 bits per heavy atom. The highest BCUT2D eigenvalue weighted by atomic mass is 16.7. The molecule has 6 atom stereocenters. The molecule has 6 unspecified atom stereocenters. The van der Waals surface area contributed by atoms with Crippen LogP contribution in [0.25, 0.3) is 0 Å². The lowest BCUT2D eigenvalue weighted by Crippen LogP contribution is -2.61. The van der Waals surface area contributed by atoms with Gasteiger partial charge in [-0.3, -0.25) is 14.4 Å². The molecule has 0 radical (unpaired) electrons. The van der Waals surface area contributed by atoms with Crippen molar-refractivity contribution < 1.29 is 58.2 Å². The van der Waals surface area contributed by atoms with Gasteiger partial charge in [0.1, 0.15) is 18.8 Å². The quantitative estimate of drug-likeness (QED) is 0.0228. The first-order chi connectivity index (χ1) is 35.6. The van der Waals surface area contributed by atoms with Crippen molar-refractivity contribution in [3.8, 4) is 0 Å². The van der Waals surface area contributed by atoms with Crippen molar-refractivity contribution in [2.45, 2.75) is 314 Å². The molecule has 0 aromatic carbocycles. The number of aliphatic hydroxyl groups is 2. The van der Waals surface area contributed by atoms with Gasteiger partial charge in [-0.2, -0.15) is 0 Å². The Labute approximate surface area is 444 Å². The third-order valence-electron chi connectivity index (χ3n) is 13.7. The van der Waals surface area contributed by atoms with E-state index in [1.54, 1.807) is 0 Å². The molecular formula is C61H108O12. The van der Waals surface area contributed by atoms with Crippen molar-refractivity contribution in [1.82, 2.24) is 0 Å². The lowest BCUT2D eigenvalue weighted by atomic mass is 9.98. The fraction of sp³-hybridized carbons (Fsp3) is 0.836. The number of aliphatic hydroxyl groups excluding tert-OH is 2. The number of carboxylic acid groups (broad SMARTS) is 1. The van der Waals surface area contributed by atoms with E-state index in [-0.39, 0.29) is 25.9 Å². The molecule has 1 aliphatic heterocycles. The number of carbonyl (C=O) groups excluding carboxylic acids is 3. The first kappa shape index (κ1) is 68.0. The summed E-state index contributed by atoms with van der Waals surface area (Å²) < 4.78 is 28.4. The van der Waals surface area contributed by atoms with Crippen LogP contribution in [0.3, 0.4) is 0 Å². The van der Waals surface area contributed by atoms with E-state index in [1.807, 2.05) is 0 Å². The molecule has 424 valence electrons. The van der Waals surface area contributed by atoms with Crippen molar-refractivity contribution in [2.24, 2.45) is 0 Å². The predicted octanol–water partition coefficient (Wildman–Crippen LogP) is 15.2. The zero-order valence-electron chi connectivity index (χ0n) is 46.6. The molecule has 12 heteroatoms. The van der Waals surface area contributed by atoms with Crippen LogP contribution in [0.15, 0.2) is 36.5 Å². The molecule has 0 bridgehead atoms. The number of carboxylic acids is 1. The first-order valence-corrected chi connectivity index (χ1v) is 30.0. The van der Waals surface area contributed by atoms with Crippen molar-refractivity contribution in [1.29, 1.82) is 0 Å². The molecule has 0 amide bonds. The van der Waals surface area contributed by atoms with Gasteiger partial charge >= 0.3 is 23.9 Å². The Morgan fingerprint density at radius 3 is 1.27 bits per heavy atom. The number of carbonyl (C=O) groups is 4. The molecule has 73 heavy (non-hydrogen) atoms. The van der Waals surface area contributed by atoms with Crippen LogP contribution in [0.1, 0.15) is 278 Å². The average Bonchev–Trinajstić information content (AvgIpc) is 3.37. The number of esters is 3. The number of unbranched alkanes of at least 4 members (excludes halogenated alkanes) is 31. The summed E-state index contributed by atoms with van der Waals surface area (Å²) in [7, 11) is 0. The van der Waals surface area contributed by atoms with Gasteiger partial charge < -0.3 is 39.0 Å². The number of ether oxygens (including phenoxy) is 5. The highest BCUT2D eigenvalue weighted by Gasteiger charge is 2.50. The van der Waals surface area contributed by atoms with Crippen molar-refractivity contribution in [3.63, 3.8) is 0 Å². The Morgan fingerprint density at radius 2 is 0.822 bits per heavy atom. The minimum Gasteiger partial charge on any atom is -0.479 e. The number of allylic oxidation sites excluding steroid dienone is 6. The largest absolute Gasteiger partial charge is 0.479 e. The van der Waals surface area contributed by atoms with Gasteiger partial charge in [0.05, 0.1) is 6.61 Å². The normalized spacial score (nSPS) is 18.5. The van der Waals surface area contributed by atoms with Crippen LogP contribution in [0.2, 0.25) is 0 Å². The van der Waals surface area contributed by atoms with Gasteiger partial charge in [0, 0.05) is 19.3 Å². The topological polar surface area (TPSA) is 175 Å². The lowest BCUT2D eigenvalue weighted by Gasteiger charge is -2.40. The van der Waals surface area contributed by atoms with E-state index < -0.39 is 67.3 Å². The maximum atomic E-state index is 13.1. The van der Waals surface area contributed by atoms with Crippen molar-refractivity contribution >= 4 is 23.9 Å². The molecule has 1 fully saturated rings. The zero-order chi connectivity index (χ0) is 53.3. The molecule has 1 aliphatic rings. The second-order valence-electron chi connectivity index (χ2n) is 20.6. The minimum atomic E-state index is -1.90. The lowest BCUT2D eigenvalue weighted by molar-refractivity contribution is -0.301. The summed E-state index contributed by atoms with van der Waals surface area (Å²) in [4.78, 5) is 51.1. The third-order valence-corrected chi connectivity index (χ3v) is 13.7. The second kappa shape index (κ2) is 49.8. The van der Waals surface area contributed by atoms with Gasteiger partial charge in [0.2, 0.25) is 0 Å². The van der Waals surface area contributed by atoms with E-state index in [0.717, 1.165) is 89.9 Å². The molecule has 1 heterocycles. The van der Waals surface area contributed by atoms with Gasteiger partial charge in [-0.05, 0) is 77.0 Å². The molecule has 1 rings (SSSR count). The Balaban J connectivity index is 2.67. The van der Waals surface area contributed by atoms with Crippen LogP contribution in [-0.2, 0) is 42.9 Å². The molecule has 0 saturated carbocycles. The molecule has 0 aromatic rings. The summed E-state index contributed by atoms with van der Waals surface area (Å²) in [6, 6.07) is 0. The van der Waals surface area contributed by atoms with E-state index in [0.29, 0.717) is 19.3 Å². The van der Waals surface area contributed by atoms with E-state index >= 15 is 0 Å². The van der Waals surface area contributed by atoms with Crippen LogP contribution in [0.4, 0.5) is 0 Å². The zero-order valence-corrected chi connectivity index (χ0v) is 46.6.